The SMILES string of the molecule is COc1ccc(C(=O)Nc2cccc(-c3csc(C)n3)c2)cc1OC(F)F. The predicted octanol–water partition coefficient (Wildman–Crippen LogP) is 4.98. The van der Waals surface area contributed by atoms with Crippen LogP contribution in [0.3, 0.4) is 0 Å². The molecule has 0 aliphatic rings. The molecule has 1 N–H and O–H groups in total. The van der Waals surface area contributed by atoms with Gasteiger partial charge in [0, 0.05) is 22.2 Å². The molecule has 0 spiro atoms. The van der Waals surface area contributed by atoms with Crippen molar-refractivity contribution in [2.45, 2.75) is 13.5 Å². The first-order valence-corrected chi connectivity index (χ1v) is 8.81. The molecule has 1 amide bonds. The molecule has 5 nitrogen and oxygen atoms in total. The quantitative estimate of drug-likeness (QED) is 0.645. The zero-order chi connectivity index (χ0) is 19.4. The number of amides is 1. The Morgan fingerprint density at radius 1 is 1.19 bits per heavy atom. The summed E-state index contributed by atoms with van der Waals surface area (Å²) in [4.78, 5) is 16.9. The first kappa shape index (κ1) is 18.8. The number of carbonyl (C=O) groups excluding carboxylic acids is 1. The maximum Gasteiger partial charge on any atom is 0.387 e. The molecule has 1 heterocycles. The fraction of sp³-hybridized carbons (Fsp3) is 0.158. The molecule has 2 aromatic carbocycles. The van der Waals surface area contributed by atoms with Gasteiger partial charge in [-0.05, 0) is 37.3 Å². The Morgan fingerprint density at radius 2 is 2.00 bits per heavy atom. The van der Waals surface area contributed by atoms with Crippen molar-refractivity contribution in [1.29, 1.82) is 0 Å². The normalized spacial score (nSPS) is 10.7. The van der Waals surface area contributed by atoms with Gasteiger partial charge in [0.1, 0.15) is 0 Å². The standard InChI is InChI=1S/C19H16F2N2O3S/c1-11-22-15(10-27-11)12-4-3-5-14(8-12)23-18(24)13-6-7-16(25-2)17(9-13)26-19(20)21/h3-10,19H,1-2H3,(H,23,24). The second-order valence-corrected chi connectivity index (χ2v) is 6.59. The summed E-state index contributed by atoms with van der Waals surface area (Å²) in [5, 5.41) is 5.63. The fourth-order valence-corrected chi connectivity index (χ4v) is 3.08. The number of benzene rings is 2. The molecule has 0 bridgehead atoms. The number of hydrogen-bond acceptors (Lipinski definition) is 5. The third-order valence-electron chi connectivity index (χ3n) is 3.68. The van der Waals surface area contributed by atoms with Gasteiger partial charge in [0.05, 0.1) is 17.8 Å². The van der Waals surface area contributed by atoms with Crippen LogP contribution in [0, 0.1) is 6.92 Å². The van der Waals surface area contributed by atoms with E-state index in [1.165, 1.54) is 25.3 Å². The highest BCUT2D eigenvalue weighted by molar-refractivity contribution is 7.09. The van der Waals surface area contributed by atoms with Gasteiger partial charge in [-0.3, -0.25) is 4.79 Å². The van der Waals surface area contributed by atoms with E-state index < -0.39 is 12.5 Å². The minimum atomic E-state index is -3.02. The molecule has 0 unspecified atom stereocenters. The van der Waals surface area contributed by atoms with Crippen LogP contribution in [0.25, 0.3) is 11.3 Å². The number of alkyl halides is 2. The second kappa shape index (κ2) is 8.13. The summed E-state index contributed by atoms with van der Waals surface area (Å²) >= 11 is 1.54. The zero-order valence-electron chi connectivity index (χ0n) is 14.5. The van der Waals surface area contributed by atoms with Gasteiger partial charge in [0.15, 0.2) is 11.5 Å². The number of halogens is 2. The third-order valence-corrected chi connectivity index (χ3v) is 4.45. The number of hydrogen-bond donors (Lipinski definition) is 1. The maximum absolute atomic E-state index is 12.5. The Bertz CT molecular complexity index is 960. The molecule has 140 valence electrons. The molecule has 0 atom stereocenters. The summed E-state index contributed by atoms with van der Waals surface area (Å²) in [5.41, 5.74) is 2.43. The van der Waals surface area contributed by atoms with Crippen molar-refractivity contribution in [3.8, 4) is 22.8 Å². The number of methoxy groups -OCH3 is 1. The molecule has 1 aromatic heterocycles. The van der Waals surface area contributed by atoms with Crippen molar-refractivity contribution in [3.63, 3.8) is 0 Å². The molecular formula is C19H16F2N2O3S. The van der Waals surface area contributed by atoms with Crippen LogP contribution in [0.2, 0.25) is 0 Å². The average Bonchev–Trinajstić information content (AvgIpc) is 3.08. The van der Waals surface area contributed by atoms with Crippen LogP contribution in [-0.4, -0.2) is 24.6 Å². The smallest absolute Gasteiger partial charge is 0.387 e. The Balaban J connectivity index is 1.81. The summed E-state index contributed by atoms with van der Waals surface area (Å²) in [5.74, 6) is -0.539. The van der Waals surface area contributed by atoms with Gasteiger partial charge in [0.2, 0.25) is 0 Å². The van der Waals surface area contributed by atoms with Crippen LogP contribution < -0.4 is 14.8 Å². The number of nitrogens with one attached hydrogen (secondary N) is 1. The van der Waals surface area contributed by atoms with E-state index >= 15 is 0 Å². The Kier molecular flexibility index (Phi) is 5.66. The minimum Gasteiger partial charge on any atom is -0.493 e. The maximum atomic E-state index is 12.5. The van der Waals surface area contributed by atoms with Gasteiger partial charge in [-0.2, -0.15) is 8.78 Å². The predicted molar refractivity (Wildman–Crippen MR) is 99.9 cm³/mol. The van der Waals surface area contributed by atoms with E-state index in [2.05, 4.69) is 15.0 Å². The number of aromatic nitrogens is 1. The first-order chi connectivity index (χ1) is 13.0. The molecular weight excluding hydrogens is 374 g/mol. The molecule has 0 aliphatic heterocycles. The Hall–Kier alpha value is -3.00. The van der Waals surface area contributed by atoms with E-state index in [1.807, 2.05) is 18.4 Å². The highest BCUT2D eigenvalue weighted by Crippen LogP contribution is 2.30. The molecule has 3 rings (SSSR count). The fourth-order valence-electron chi connectivity index (χ4n) is 2.46. The van der Waals surface area contributed by atoms with Gasteiger partial charge in [-0.1, -0.05) is 12.1 Å². The largest absolute Gasteiger partial charge is 0.493 e. The van der Waals surface area contributed by atoms with Crippen molar-refractivity contribution >= 4 is 22.9 Å². The lowest BCUT2D eigenvalue weighted by Gasteiger charge is -2.12. The molecule has 3 aromatic rings. The molecule has 0 saturated carbocycles. The van der Waals surface area contributed by atoms with Crippen LogP contribution in [0.4, 0.5) is 14.5 Å². The number of rotatable bonds is 6. The topological polar surface area (TPSA) is 60.5 Å². The molecule has 0 fully saturated rings. The Morgan fingerprint density at radius 3 is 2.67 bits per heavy atom. The van der Waals surface area contributed by atoms with Gasteiger partial charge < -0.3 is 14.8 Å². The third kappa shape index (κ3) is 4.59. The average molecular weight is 390 g/mol. The first-order valence-electron chi connectivity index (χ1n) is 7.93. The molecule has 0 saturated heterocycles. The number of nitrogens with zero attached hydrogens (tertiary/aromatic N) is 1. The van der Waals surface area contributed by atoms with Gasteiger partial charge >= 0.3 is 6.61 Å². The van der Waals surface area contributed by atoms with Gasteiger partial charge in [-0.15, -0.1) is 11.3 Å². The number of ether oxygens (including phenoxy) is 2. The highest BCUT2D eigenvalue weighted by atomic mass is 32.1. The summed E-state index contributed by atoms with van der Waals surface area (Å²) in [6.07, 6.45) is 0. The van der Waals surface area contributed by atoms with Gasteiger partial charge in [-0.25, -0.2) is 4.98 Å². The Labute approximate surface area is 158 Å². The number of thiazole rings is 1. The molecule has 8 heteroatoms. The van der Waals surface area contributed by atoms with Crippen molar-refractivity contribution in [2.75, 3.05) is 12.4 Å². The lowest BCUT2D eigenvalue weighted by molar-refractivity contribution is -0.0512. The summed E-state index contributed by atoms with van der Waals surface area (Å²) in [6.45, 7) is -1.10. The lowest BCUT2D eigenvalue weighted by Crippen LogP contribution is -2.13. The number of anilines is 1. The van der Waals surface area contributed by atoms with E-state index in [9.17, 15) is 13.6 Å². The van der Waals surface area contributed by atoms with E-state index in [-0.39, 0.29) is 17.1 Å². The summed E-state index contributed by atoms with van der Waals surface area (Å²) < 4.78 is 34.5. The zero-order valence-corrected chi connectivity index (χ0v) is 15.3. The van der Waals surface area contributed by atoms with Crippen LogP contribution in [-0.2, 0) is 0 Å². The van der Waals surface area contributed by atoms with E-state index in [0.717, 1.165) is 16.3 Å². The van der Waals surface area contributed by atoms with Crippen LogP contribution in [0.1, 0.15) is 15.4 Å². The number of carbonyl (C=O) groups is 1. The van der Waals surface area contributed by atoms with Crippen LogP contribution in [0.15, 0.2) is 47.8 Å². The summed E-state index contributed by atoms with van der Waals surface area (Å²) in [6, 6.07) is 11.3. The minimum absolute atomic E-state index is 0.118. The van der Waals surface area contributed by atoms with Crippen LogP contribution in [0.5, 0.6) is 11.5 Å². The second-order valence-electron chi connectivity index (χ2n) is 5.53. The van der Waals surface area contributed by atoms with Crippen molar-refractivity contribution in [2.24, 2.45) is 0 Å². The monoisotopic (exact) mass is 390 g/mol. The highest BCUT2D eigenvalue weighted by Gasteiger charge is 2.15. The van der Waals surface area contributed by atoms with Gasteiger partial charge in [0.25, 0.3) is 5.91 Å². The van der Waals surface area contributed by atoms with E-state index in [4.69, 9.17) is 4.74 Å². The van der Waals surface area contributed by atoms with Crippen molar-refractivity contribution in [3.05, 3.63) is 58.4 Å². The molecule has 27 heavy (non-hydrogen) atoms. The number of aryl methyl sites for hydroxylation is 1. The molecule has 0 aliphatic carbocycles. The lowest BCUT2D eigenvalue weighted by atomic mass is 10.1. The summed E-state index contributed by atoms with van der Waals surface area (Å²) in [7, 11) is 1.33. The van der Waals surface area contributed by atoms with Crippen molar-refractivity contribution < 1.29 is 23.0 Å². The van der Waals surface area contributed by atoms with Crippen LogP contribution >= 0.6 is 11.3 Å². The van der Waals surface area contributed by atoms with E-state index in [1.54, 1.807) is 29.5 Å². The van der Waals surface area contributed by atoms with E-state index in [0.29, 0.717) is 5.69 Å². The molecule has 0 radical (unpaired) electrons. The van der Waals surface area contributed by atoms with Crippen molar-refractivity contribution in [1.82, 2.24) is 4.98 Å².